The van der Waals surface area contributed by atoms with E-state index in [0.717, 1.165) is 23.5 Å². The highest BCUT2D eigenvalue weighted by atomic mass is 16.7. The third kappa shape index (κ3) is 4.02. The molecule has 21 heavy (non-hydrogen) atoms. The van der Waals surface area contributed by atoms with E-state index in [0.29, 0.717) is 19.5 Å². The number of hydrogen-bond donors (Lipinski definition) is 1. The van der Waals surface area contributed by atoms with E-state index < -0.39 is 5.54 Å². The molecule has 110 valence electrons. The van der Waals surface area contributed by atoms with Gasteiger partial charge in [0, 0.05) is 18.0 Å². The Morgan fingerprint density at radius 1 is 1.48 bits per heavy atom. The van der Waals surface area contributed by atoms with Crippen molar-refractivity contribution in [1.29, 1.82) is 5.26 Å². The Kier molecular flexibility index (Phi) is 4.88. The van der Waals surface area contributed by atoms with Crippen molar-refractivity contribution in [2.24, 2.45) is 5.11 Å². The lowest BCUT2D eigenvalue weighted by Gasteiger charge is -2.23. The first-order valence-corrected chi connectivity index (χ1v) is 6.72. The van der Waals surface area contributed by atoms with Gasteiger partial charge in [0.25, 0.3) is 0 Å². The molecule has 0 amide bonds. The smallest absolute Gasteiger partial charge is 0.231 e. The maximum Gasteiger partial charge on any atom is 0.231 e. The van der Waals surface area contributed by atoms with Gasteiger partial charge in [-0.25, -0.2) is 0 Å². The zero-order valence-electron chi connectivity index (χ0n) is 11.9. The van der Waals surface area contributed by atoms with E-state index in [-0.39, 0.29) is 6.79 Å². The summed E-state index contributed by atoms with van der Waals surface area (Å²) in [6.45, 7) is 2.92. The first-order valence-electron chi connectivity index (χ1n) is 6.72. The lowest BCUT2D eigenvalue weighted by Crippen LogP contribution is -2.42. The fraction of sp³-hybridized carbons (Fsp3) is 0.500. The fourth-order valence-corrected chi connectivity index (χ4v) is 2.10. The standard InChI is InChI=1S/C14H17N5O2/c1-14(9-15,17-6-7-18-19-16)5-4-11-2-3-12-13(8-11)21-10-20-12/h2-3,8,17H,4-7,10H2,1H3. The van der Waals surface area contributed by atoms with Gasteiger partial charge >= 0.3 is 0 Å². The third-order valence-electron chi connectivity index (χ3n) is 3.39. The third-order valence-corrected chi connectivity index (χ3v) is 3.39. The molecule has 1 aromatic carbocycles. The molecule has 0 spiro atoms. The highest BCUT2D eigenvalue weighted by Gasteiger charge is 2.23. The maximum absolute atomic E-state index is 9.31. The Hall–Kier alpha value is -2.42. The predicted octanol–water partition coefficient (Wildman–Crippen LogP) is 2.53. The summed E-state index contributed by atoms with van der Waals surface area (Å²) in [7, 11) is 0. The van der Waals surface area contributed by atoms with Crippen molar-refractivity contribution < 1.29 is 9.47 Å². The topological polar surface area (TPSA) is 103 Å². The zero-order valence-corrected chi connectivity index (χ0v) is 11.9. The van der Waals surface area contributed by atoms with Crippen LogP contribution in [0.4, 0.5) is 0 Å². The fourth-order valence-electron chi connectivity index (χ4n) is 2.10. The lowest BCUT2D eigenvalue weighted by atomic mass is 9.94. The Bertz CT molecular complexity index is 592. The van der Waals surface area contributed by atoms with Crippen LogP contribution in [-0.2, 0) is 6.42 Å². The van der Waals surface area contributed by atoms with Gasteiger partial charge in [0.2, 0.25) is 6.79 Å². The highest BCUT2D eigenvalue weighted by molar-refractivity contribution is 5.44. The Labute approximate surface area is 123 Å². The molecule has 1 atom stereocenters. The van der Waals surface area contributed by atoms with Crippen LogP contribution in [0.5, 0.6) is 11.5 Å². The molecule has 0 saturated carbocycles. The number of aryl methyl sites for hydroxylation is 1. The zero-order chi connectivity index (χ0) is 15.1. The number of nitriles is 1. The van der Waals surface area contributed by atoms with Gasteiger partial charge in [-0.15, -0.1) is 0 Å². The second-order valence-corrected chi connectivity index (χ2v) is 5.01. The van der Waals surface area contributed by atoms with Crippen LogP contribution in [-0.4, -0.2) is 25.4 Å². The van der Waals surface area contributed by atoms with E-state index in [1.54, 1.807) is 0 Å². The molecule has 0 radical (unpaired) electrons. The summed E-state index contributed by atoms with van der Waals surface area (Å²) in [5.74, 6) is 1.51. The molecule has 1 aliphatic rings. The van der Waals surface area contributed by atoms with Crippen LogP contribution in [0.1, 0.15) is 18.9 Å². The molecule has 0 bridgehead atoms. The van der Waals surface area contributed by atoms with Crippen LogP contribution in [0.25, 0.3) is 10.4 Å². The molecule has 2 rings (SSSR count). The minimum atomic E-state index is -0.651. The van der Waals surface area contributed by atoms with Crippen molar-refractivity contribution in [1.82, 2.24) is 5.32 Å². The van der Waals surface area contributed by atoms with Gasteiger partial charge in [0.1, 0.15) is 5.54 Å². The van der Waals surface area contributed by atoms with E-state index >= 15 is 0 Å². The molecule has 0 saturated heterocycles. The number of benzene rings is 1. The number of fused-ring (bicyclic) bond motifs is 1. The Morgan fingerprint density at radius 2 is 2.29 bits per heavy atom. The summed E-state index contributed by atoms with van der Waals surface area (Å²) in [6, 6.07) is 8.08. The summed E-state index contributed by atoms with van der Waals surface area (Å²) in [5.41, 5.74) is 8.67. The van der Waals surface area contributed by atoms with Gasteiger partial charge in [-0.1, -0.05) is 11.2 Å². The summed E-state index contributed by atoms with van der Waals surface area (Å²) < 4.78 is 10.6. The van der Waals surface area contributed by atoms with Crippen molar-refractivity contribution in [3.63, 3.8) is 0 Å². The molecule has 0 aliphatic carbocycles. The van der Waals surface area contributed by atoms with Gasteiger partial charge in [0.15, 0.2) is 11.5 Å². The van der Waals surface area contributed by atoms with Gasteiger partial charge in [-0.05, 0) is 43.0 Å². The minimum Gasteiger partial charge on any atom is -0.454 e. The number of nitrogens with one attached hydrogen (secondary N) is 1. The number of ether oxygens (including phenoxy) is 2. The van der Waals surface area contributed by atoms with Crippen LogP contribution >= 0.6 is 0 Å². The van der Waals surface area contributed by atoms with E-state index in [4.69, 9.17) is 15.0 Å². The molecule has 7 nitrogen and oxygen atoms in total. The average Bonchev–Trinajstić information content (AvgIpc) is 2.97. The van der Waals surface area contributed by atoms with E-state index in [1.807, 2.05) is 25.1 Å². The predicted molar refractivity (Wildman–Crippen MR) is 76.9 cm³/mol. The minimum absolute atomic E-state index is 0.260. The average molecular weight is 287 g/mol. The molecular formula is C14H17N5O2. The number of azide groups is 1. The van der Waals surface area contributed by atoms with Crippen molar-refractivity contribution in [2.75, 3.05) is 19.9 Å². The van der Waals surface area contributed by atoms with Crippen molar-refractivity contribution in [3.05, 3.63) is 34.2 Å². The first-order chi connectivity index (χ1) is 10.2. The molecule has 0 fully saturated rings. The molecule has 1 N–H and O–H groups in total. The van der Waals surface area contributed by atoms with Crippen LogP contribution < -0.4 is 14.8 Å². The summed E-state index contributed by atoms with van der Waals surface area (Å²) in [5, 5.41) is 15.9. The molecule has 1 unspecified atom stereocenters. The quantitative estimate of drug-likeness (QED) is 0.360. The van der Waals surface area contributed by atoms with Gasteiger partial charge < -0.3 is 9.47 Å². The number of nitrogens with zero attached hydrogens (tertiary/aromatic N) is 4. The molecule has 1 heterocycles. The normalized spacial score (nSPS) is 14.9. The summed E-state index contributed by atoms with van der Waals surface area (Å²) in [6.07, 6.45) is 1.40. The highest BCUT2D eigenvalue weighted by Crippen LogP contribution is 2.33. The largest absolute Gasteiger partial charge is 0.454 e. The number of hydrogen-bond acceptors (Lipinski definition) is 5. The van der Waals surface area contributed by atoms with E-state index in [9.17, 15) is 5.26 Å². The van der Waals surface area contributed by atoms with Gasteiger partial charge in [-0.3, -0.25) is 5.32 Å². The molecular weight excluding hydrogens is 270 g/mol. The second kappa shape index (κ2) is 6.84. The molecule has 1 aliphatic heterocycles. The summed E-state index contributed by atoms with van der Waals surface area (Å²) in [4.78, 5) is 2.68. The van der Waals surface area contributed by atoms with Crippen molar-refractivity contribution in [3.8, 4) is 17.6 Å². The van der Waals surface area contributed by atoms with Crippen molar-refractivity contribution >= 4 is 0 Å². The Balaban J connectivity index is 1.90. The van der Waals surface area contributed by atoms with E-state index in [1.165, 1.54) is 0 Å². The van der Waals surface area contributed by atoms with Gasteiger partial charge in [-0.2, -0.15) is 5.26 Å². The Morgan fingerprint density at radius 3 is 3.05 bits per heavy atom. The second-order valence-electron chi connectivity index (χ2n) is 5.01. The van der Waals surface area contributed by atoms with Gasteiger partial charge in [0.05, 0.1) is 6.07 Å². The van der Waals surface area contributed by atoms with Crippen LogP contribution in [0.2, 0.25) is 0 Å². The first kappa shape index (κ1) is 15.0. The molecule has 1 aromatic rings. The van der Waals surface area contributed by atoms with Crippen LogP contribution in [0.3, 0.4) is 0 Å². The monoisotopic (exact) mass is 287 g/mol. The van der Waals surface area contributed by atoms with E-state index in [2.05, 4.69) is 21.4 Å². The lowest BCUT2D eigenvalue weighted by molar-refractivity contribution is 0.174. The molecule has 0 aromatic heterocycles. The summed E-state index contributed by atoms with van der Waals surface area (Å²) >= 11 is 0. The molecule has 7 heteroatoms. The van der Waals surface area contributed by atoms with Crippen molar-refractivity contribution in [2.45, 2.75) is 25.3 Å². The SMILES string of the molecule is CC(C#N)(CCc1ccc2c(c1)OCO2)NCCN=[N+]=[N-]. The maximum atomic E-state index is 9.31. The van der Waals surface area contributed by atoms with Crippen LogP contribution in [0.15, 0.2) is 23.3 Å². The number of rotatable bonds is 7. The van der Waals surface area contributed by atoms with Crippen LogP contribution in [0, 0.1) is 11.3 Å².